The van der Waals surface area contributed by atoms with Gasteiger partial charge >= 0.3 is 0 Å². The van der Waals surface area contributed by atoms with Gasteiger partial charge in [0, 0.05) is 13.7 Å². The Morgan fingerprint density at radius 2 is 2.17 bits per heavy atom. The van der Waals surface area contributed by atoms with Crippen molar-refractivity contribution in [2.75, 3.05) is 26.8 Å². The topological polar surface area (TPSA) is 21.3 Å². The van der Waals surface area contributed by atoms with Crippen LogP contribution in [0.4, 0.5) is 0 Å². The molecule has 2 nitrogen and oxygen atoms in total. The highest BCUT2D eigenvalue weighted by Gasteiger charge is 2.19. The van der Waals surface area contributed by atoms with Crippen LogP contribution >= 0.6 is 0 Å². The number of ether oxygens (including phenoxy) is 1. The molecule has 1 N–H and O–H groups in total. The molecule has 0 bridgehead atoms. The lowest BCUT2D eigenvalue weighted by atomic mass is 9.79. The smallest absolute Gasteiger partial charge is 0.0587 e. The predicted molar refractivity (Wildman–Crippen MR) is 76.1 cm³/mol. The van der Waals surface area contributed by atoms with Crippen molar-refractivity contribution in [3.05, 3.63) is 35.4 Å². The minimum atomic E-state index is 0.803. The van der Waals surface area contributed by atoms with E-state index in [0.717, 1.165) is 25.6 Å². The lowest BCUT2D eigenvalue weighted by Gasteiger charge is -2.26. The molecule has 18 heavy (non-hydrogen) atoms. The first-order valence-electron chi connectivity index (χ1n) is 7.18. The standard InChI is InChI=1S/C16H25NO/c1-18-12-11-17-10-4-6-14-5-2-9-16(13-14)15-7-3-8-15/h2,5,9,13,15,17H,3-4,6-8,10-12H2,1H3. The zero-order chi connectivity index (χ0) is 12.6. The molecule has 100 valence electrons. The van der Waals surface area contributed by atoms with Crippen molar-refractivity contribution in [3.63, 3.8) is 0 Å². The Labute approximate surface area is 111 Å². The normalized spacial score (nSPS) is 15.6. The molecule has 0 spiro atoms. The molecule has 1 aliphatic rings. The van der Waals surface area contributed by atoms with Crippen molar-refractivity contribution >= 4 is 0 Å². The van der Waals surface area contributed by atoms with E-state index in [-0.39, 0.29) is 0 Å². The number of hydrogen-bond acceptors (Lipinski definition) is 2. The quantitative estimate of drug-likeness (QED) is 0.713. The Bertz CT molecular complexity index is 347. The molecule has 1 aromatic rings. The van der Waals surface area contributed by atoms with Crippen LogP contribution in [-0.2, 0) is 11.2 Å². The number of aryl methyl sites for hydroxylation is 1. The van der Waals surface area contributed by atoms with Crippen LogP contribution in [0, 0.1) is 0 Å². The lowest BCUT2D eigenvalue weighted by Crippen LogP contribution is -2.20. The van der Waals surface area contributed by atoms with Gasteiger partial charge in [-0.1, -0.05) is 30.7 Å². The SMILES string of the molecule is COCCNCCCc1cccc(C2CCC2)c1. The van der Waals surface area contributed by atoms with Gasteiger partial charge in [0.2, 0.25) is 0 Å². The van der Waals surface area contributed by atoms with Crippen molar-refractivity contribution in [2.24, 2.45) is 0 Å². The lowest BCUT2D eigenvalue weighted by molar-refractivity contribution is 0.199. The zero-order valence-electron chi connectivity index (χ0n) is 11.5. The highest BCUT2D eigenvalue weighted by atomic mass is 16.5. The molecule has 0 aliphatic heterocycles. The van der Waals surface area contributed by atoms with Gasteiger partial charge < -0.3 is 10.1 Å². The summed E-state index contributed by atoms with van der Waals surface area (Å²) in [5, 5.41) is 3.39. The van der Waals surface area contributed by atoms with Crippen molar-refractivity contribution < 1.29 is 4.74 Å². The molecule has 0 aromatic heterocycles. The predicted octanol–water partition coefficient (Wildman–Crippen LogP) is 3.12. The minimum Gasteiger partial charge on any atom is -0.383 e. The van der Waals surface area contributed by atoms with Crippen LogP contribution in [0.25, 0.3) is 0 Å². The van der Waals surface area contributed by atoms with Gasteiger partial charge in [0.05, 0.1) is 6.61 Å². The first-order valence-corrected chi connectivity index (χ1v) is 7.18. The summed E-state index contributed by atoms with van der Waals surface area (Å²) in [5.74, 6) is 0.852. The van der Waals surface area contributed by atoms with Crippen molar-refractivity contribution in [2.45, 2.75) is 38.0 Å². The van der Waals surface area contributed by atoms with E-state index in [9.17, 15) is 0 Å². The Morgan fingerprint density at radius 1 is 1.28 bits per heavy atom. The third-order valence-corrected chi connectivity index (χ3v) is 3.83. The van der Waals surface area contributed by atoms with Crippen molar-refractivity contribution in [1.29, 1.82) is 0 Å². The number of rotatable bonds is 8. The van der Waals surface area contributed by atoms with Crippen LogP contribution in [0.2, 0.25) is 0 Å². The second kappa shape index (κ2) is 7.55. The van der Waals surface area contributed by atoms with Gasteiger partial charge in [-0.05, 0) is 49.3 Å². The second-order valence-electron chi connectivity index (χ2n) is 5.22. The third-order valence-electron chi connectivity index (χ3n) is 3.83. The summed E-state index contributed by atoms with van der Waals surface area (Å²) in [6.45, 7) is 2.84. The maximum atomic E-state index is 5.01. The molecule has 1 fully saturated rings. The molecule has 0 atom stereocenters. The van der Waals surface area contributed by atoms with Crippen molar-refractivity contribution in [1.82, 2.24) is 5.32 Å². The van der Waals surface area contributed by atoms with Crippen LogP contribution in [0.5, 0.6) is 0 Å². The molecule has 1 aromatic carbocycles. The Balaban J connectivity index is 1.68. The summed E-state index contributed by atoms with van der Waals surface area (Å²) < 4.78 is 5.01. The van der Waals surface area contributed by atoms with Crippen LogP contribution in [0.15, 0.2) is 24.3 Å². The van der Waals surface area contributed by atoms with E-state index in [1.54, 1.807) is 12.7 Å². The average molecular weight is 247 g/mol. The molecule has 2 rings (SSSR count). The summed E-state index contributed by atoms with van der Waals surface area (Å²) in [5.41, 5.74) is 3.05. The van der Waals surface area contributed by atoms with Gasteiger partial charge in [0.1, 0.15) is 0 Å². The fourth-order valence-electron chi connectivity index (χ4n) is 2.46. The average Bonchev–Trinajstić information content (AvgIpc) is 2.32. The maximum absolute atomic E-state index is 5.01. The first kappa shape index (κ1) is 13.6. The molecule has 0 radical (unpaired) electrons. The van der Waals surface area contributed by atoms with Gasteiger partial charge in [-0.2, -0.15) is 0 Å². The van der Waals surface area contributed by atoms with E-state index in [4.69, 9.17) is 4.74 Å². The fraction of sp³-hybridized carbons (Fsp3) is 0.625. The second-order valence-corrected chi connectivity index (χ2v) is 5.22. The summed E-state index contributed by atoms with van der Waals surface area (Å²) in [6.07, 6.45) is 6.58. The van der Waals surface area contributed by atoms with Crippen LogP contribution in [0.1, 0.15) is 42.7 Å². The molecule has 0 saturated heterocycles. The highest BCUT2D eigenvalue weighted by molar-refractivity contribution is 5.27. The van der Waals surface area contributed by atoms with E-state index in [0.29, 0.717) is 0 Å². The highest BCUT2D eigenvalue weighted by Crippen LogP contribution is 2.36. The number of nitrogens with one attached hydrogen (secondary N) is 1. The van der Waals surface area contributed by atoms with E-state index in [1.165, 1.54) is 37.7 Å². The van der Waals surface area contributed by atoms with Gasteiger partial charge in [-0.15, -0.1) is 0 Å². The summed E-state index contributed by atoms with van der Waals surface area (Å²) >= 11 is 0. The van der Waals surface area contributed by atoms with Gasteiger partial charge in [-0.3, -0.25) is 0 Å². The molecule has 0 heterocycles. The molecule has 1 aliphatic carbocycles. The van der Waals surface area contributed by atoms with E-state index < -0.39 is 0 Å². The Kier molecular flexibility index (Phi) is 5.69. The first-order chi connectivity index (χ1) is 8.90. The molecular weight excluding hydrogens is 222 g/mol. The van der Waals surface area contributed by atoms with E-state index >= 15 is 0 Å². The minimum absolute atomic E-state index is 0.803. The Hall–Kier alpha value is -0.860. The molecular formula is C16H25NO. The third kappa shape index (κ3) is 4.11. The fourth-order valence-corrected chi connectivity index (χ4v) is 2.46. The number of benzene rings is 1. The monoisotopic (exact) mass is 247 g/mol. The molecule has 1 saturated carbocycles. The van der Waals surface area contributed by atoms with Crippen molar-refractivity contribution in [3.8, 4) is 0 Å². The summed E-state index contributed by atoms with van der Waals surface area (Å²) in [7, 11) is 1.74. The van der Waals surface area contributed by atoms with Gasteiger partial charge in [-0.25, -0.2) is 0 Å². The van der Waals surface area contributed by atoms with E-state index in [2.05, 4.69) is 29.6 Å². The number of methoxy groups -OCH3 is 1. The summed E-state index contributed by atoms with van der Waals surface area (Å²) in [6, 6.07) is 9.20. The maximum Gasteiger partial charge on any atom is 0.0587 e. The van der Waals surface area contributed by atoms with Crippen LogP contribution < -0.4 is 5.32 Å². The number of hydrogen-bond donors (Lipinski definition) is 1. The molecule has 2 heteroatoms. The largest absolute Gasteiger partial charge is 0.383 e. The van der Waals surface area contributed by atoms with Crippen LogP contribution in [-0.4, -0.2) is 26.8 Å². The van der Waals surface area contributed by atoms with Gasteiger partial charge in [0.25, 0.3) is 0 Å². The molecule has 0 unspecified atom stereocenters. The molecule has 0 amide bonds. The van der Waals surface area contributed by atoms with Crippen LogP contribution in [0.3, 0.4) is 0 Å². The van der Waals surface area contributed by atoms with E-state index in [1.807, 2.05) is 0 Å². The Morgan fingerprint density at radius 3 is 2.89 bits per heavy atom. The zero-order valence-corrected chi connectivity index (χ0v) is 11.5. The van der Waals surface area contributed by atoms with Gasteiger partial charge in [0.15, 0.2) is 0 Å². The summed E-state index contributed by atoms with van der Waals surface area (Å²) in [4.78, 5) is 0.